The first-order valence-corrected chi connectivity index (χ1v) is 9.58. The van der Waals surface area contributed by atoms with Gasteiger partial charge in [-0.05, 0) is 36.2 Å². The highest BCUT2D eigenvalue weighted by Crippen LogP contribution is 2.13. The van der Waals surface area contributed by atoms with E-state index in [4.69, 9.17) is 0 Å². The Morgan fingerprint density at radius 3 is 2.46 bits per heavy atom. The van der Waals surface area contributed by atoms with Crippen LogP contribution in [0.1, 0.15) is 28.4 Å². The molecule has 0 saturated heterocycles. The zero-order valence-electron chi connectivity index (χ0n) is 14.3. The summed E-state index contributed by atoms with van der Waals surface area (Å²) in [5.41, 5.74) is 2.30. The third-order valence-corrected chi connectivity index (χ3v) is 5.34. The maximum Gasteiger partial charge on any atom is 0.240 e. The quantitative estimate of drug-likeness (QED) is 0.649. The number of nitrogens with one attached hydrogen (secondary N) is 1. The van der Waals surface area contributed by atoms with Crippen molar-refractivity contribution >= 4 is 15.8 Å². The van der Waals surface area contributed by atoms with E-state index in [-0.39, 0.29) is 17.2 Å². The maximum absolute atomic E-state index is 12.4. The monoisotopic (exact) mass is 369 g/mol. The molecule has 7 heteroatoms. The first kappa shape index (κ1) is 18.0. The van der Waals surface area contributed by atoms with E-state index in [1.54, 1.807) is 18.3 Å². The second-order valence-electron chi connectivity index (χ2n) is 5.93. The van der Waals surface area contributed by atoms with Crippen molar-refractivity contribution in [2.45, 2.75) is 24.9 Å². The van der Waals surface area contributed by atoms with E-state index in [1.165, 1.54) is 19.1 Å². The van der Waals surface area contributed by atoms with Gasteiger partial charge in [-0.1, -0.05) is 36.4 Å². The van der Waals surface area contributed by atoms with Gasteiger partial charge in [0.05, 0.1) is 11.4 Å². The average molecular weight is 369 g/mol. The Bertz CT molecular complexity index is 995. The van der Waals surface area contributed by atoms with Crippen LogP contribution in [0.3, 0.4) is 0 Å². The first-order valence-electron chi connectivity index (χ1n) is 8.10. The van der Waals surface area contributed by atoms with Gasteiger partial charge in [-0.3, -0.25) is 9.48 Å². The summed E-state index contributed by atoms with van der Waals surface area (Å²) in [7, 11) is -3.68. The summed E-state index contributed by atoms with van der Waals surface area (Å²) < 4.78 is 29.2. The summed E-state index contributed by atoms with van der Waals surface area (Å²) in [4.78, 5) is 11.5. The van der Waals surface area contributed by atoms with E-state index < -0.39 is 10.0 Å². The van der Waals surface area contributed by atoms with Gasteiger partial charge in [-0.15, -0.1) is 0 Å². The summed E-state index contributed by atoms with van der Waals surface area (Å²) in [6.45, 7) is 2.25. The lowest BCUT2D eigenvalue weighted by Gasteiger charge is -2.09. The third kappa shape index (κ3) is 4.44. The van der Waals surface area contributed by atoms with Crippen molar-refractivity contribution in [2.75, 3.05) is 0 Å². The number of carbonyl (C=O) groups excluding carboxylic acids is 1. The molecule has 0 radical (unpaired) electrons. The molecule has 26 heavy (non-hydrogen) atoms. The second-order valence-corrected chi connectivity index (χ2v) is 7.70. The minimum absolute atomic E-state index is 0.0838. The van der Waals surface area contributed by atoms with Crippen molar-refractivity contribution in [1.82, 2.24) is 14.5 Å². The Kier molecular flexibility index (Phi) is 5.29. The highest BCUT2D eigenvalue weighted by molar-refractivity contribution is 7.89. The minimum atomic E-state index is -3.68. The lowest BCUT2D eigenvalue weighted by molar-refractivity contribution is 0.101. The molecule has 0 fully saturated rings. The Morgan fingerprint density at radius 1 is 1.08 bits per heavy atom. The number of rotatable bonds is 7. The van der Waals surface area contributed by atoms with Crippen LogP contribution in [-0.2, 0) is 23.1 Å². The predicted molar refractivity (Wildman–Crippen MR) is 98.2 cm³/mol. The van der Waals surface area contributed by atoms with Crippen LogP contribution >= 0.6 is 0 Å². The van der Waals surface area contributed by atoms with Gasteiger partial charge in [-0.25, -0.2) is 13.1 Å². The number of nitrogens with zero attached hydrogens (tertiary/aromatic N) is 2. The van der Waals surface area contributed by atoms with Crippen molar-refractivity contribution < 1.29 is 13.2 Å². The molecule has 0 aliphatic carbocycles. The molecule has 1 heterocycles. The Labute approximate surface area is 152 Å². The topological polar surface area (TPSA) is 81.1 Å². The van der Waals surface area contributed by atoms with Crippen LogP contribution in [0.15, 0.2) is 71.9 Å². The fourth-order valence-electron chi connectivity index (χ4n) is 2.49. The fraction of sp³-hybridized carbons (Fsp3) is 0.158. The summed E-state index contributed by atoms with van der Waals surface area (Å²) in [5, 5.41) is 4.16. The Balaban J connectivity index is 1.66. The number of Topliss-reactive ketones (excluding diaryl/α,β-unsaturated/α-hetero) is 1. The summed E-state index contributed by atoms with van der Waals surface area (Å²) >= 11 is 0. The molecule has 0 aliphatic heterocycles. The zero-order chi connectivity index (χ0) is 18.6. The van der Waals surface area contributed by atoms with Crippen LogP contribution < -0.4 is 4.72 Å². The molecule has 1 N–H and O–H groups in total. The molecule has 0 saturated carbocycles. The van der Waals surface area contributed by atoms with Crippen LogP contribution in [-0.4, -0.2) is 24.0 Å². The van der Waals surface area contributed by atoms with E-state index in [2.05, 4.69) is 9.82 Å². The van der Waals surface area contributed by atoms with Crippen molar-refractivity contribution in [2.24, 2.45) is 0 Å². The molecule has 3 aromatic rings. The second kappa shape index (κ2) is 7.63. The SMILES string of the molecule is CC(=O)c1cccc(S(=O)(=O)NCc2ccc(Cn3cccn3)cc2)c1. The van der Waals surface area contributed by atoms with E-state index in [0.717, 1.165) is 11.1 Å². The van der Waals surface area contributed by atoms with Gasteiger partial charge in [0.15, 0.2) is 5.78 Å². The molecule has 0 atom stereocenters. The molecular weight excluding hydrogens is 350 g/mol. The number of hydrogen-bond donors (Lipinski definition) is 1. The lowest BCUT2D eigenvalue weighted by atomic mass is 10.1. The predicted octanol–water partition coefficient (Wildman–Crippen LogP) is 2.61. The van der Waals surface area contributed by atoms with Crippen molar-refractivity contribution in [3.8, 4) is 0 Å². The number of sulfonamides is 1. The van der Waals surface area contributed by atoms with Gasteiger partial charge in [0, 0.05) is 24.5 Å². The van der Waals surface area contributed by atoms with Gasteiger partial charge in [-0.2, -0.15) is 5.10 Å². The van der Waals surface area contributed by atoms with Gasteiger partial charge in [0.25, 0.3) is 0 Å². The molecule has 0 unspecified atom stereocenters. The molecule has 2 aromatic carbocycles. The van der Waals surface area contributed by atoms with Gasteiger partial charge in [0.1, 0.15) is 0 Å². The standard InChI is InChI=1S/C19H19N3O3S/c1-15(23)18-4-2-5-19(12-18)26(24,25)21-13-16-6-8-17(9-7-16)14-22-11-3-10-20-22/h2-12,21H,13-14H2,1H3. The van der Waals surface area contributed by atoms with Crippen LogP contribution in [0, 0.1) is 0 Å². The number of ketones is 1. The van der Waals surface area contributed by atoms with Crippen LogP contribution in [0.5, 0.6) is 0 Å². The molecule has 3 rings (SSSR count). The number of benzene rings is 2. The molecule has 0 amide bonds. The molecule has 0 spiro atoms. The maximum atomic E-state index is 12.4. The Hall–Kier alpha value is -2.77. The molecule has 1 aromatic heterocycles. The molecule has 0 bridgehead atoms. The Morgan fingerprint density at radius 2 is 1.81 bits per heavy atom. The van der Waals surface area contributed by atoms with Crippen LogP contribution in [0.2, 0.25) is 0 Å². The van der Waals surface area contributed by atoms with E-state index >= 15 is 0 Å². The number of aromatic nitrogens is 2. The molecule has 0 aliphatic rings. The highest BCUT2D eigenvalue weighted by Gasteiger charge is 2.15. The van der Waals surface area contributed by atoms with Gasteiger partial charge < -0.3 is 0 Å². The minimum Gasteiger partial charge on any atom is -0.295 e. The van der Waals surface area contributed by atoms with Gasteiger partial charge in [0.2, 0.25) is 10.0 Å². The first-order chi connectivity index (χ1) is 12.4. The van der Waals surface area contributed by atoms with Crippen molar-refractivity contribution in [3.05, 3.63) is 83.7 Å². The molecule has 134 valence electrons. The van der Waals surface area contributed by atoms with E-state index in [1.807, 2.05) is 41.2 Å². The van der Waals surface area contributed by atoms with Crippen LogP contribution in [0.4, 0.5) is 0 Å². The zero-order valence-corrected chi connectivity index (χ0v) is 15.1. The lowest BCUT2D eigenvalue weighted by Crippen LogP contribution is -2.23. The van der Waals surface area contributed by atoms with E-state index in [9.17, 15) is 13.2 Å². The summed E-state index contributed by atoms with van der Waals surface area (Å²) in [6, 6.07) is 15.5. The summed E-state index contributed by atoms with van der Waals surface area (Å²) in [5.74, 6) is -0.171. The molecular formula is C19H19N3O3S. The number of carbonyl (C=O) groups is 1. The normalized spacial score (nSPS) is 11.4. The van der Waals surface area contributed by atoms with Gasteiger partial charge >= 0.3 is 0 Å². The molecule has 6 nitrogen and oxygen atoms in total. The van der Waals surface area contributed by atoms with Crippen molar-refractivity contribution in [1.29, 1.82) is 0 Å². The summed E-state index contributed by atoms with van der Waals surface area (Å²) in [6.07, 6.45) is 3.61. The number of hydrogen-bond acceptors (Lipinski definition) is 4. The van der Waals surface area contributed by atoms with Crippen LogP contribution in [0.25, 0.3) is 0 Å². The average Bonchev–Trinajstić information content (AvgIpc) is 3.14. The third-order valence-electron chi connectivity index (χ3n) is 3.94. The fourth-order valence-corrected chi connectivity index (χ4v) is 3.55. The largest absolute Gasteiger partial charge is 0.295 e. The van der Waals surface area contributed by atoms with Crippen molar-refractivity contribution in [3.63, 3.8) is 0 Å². The highest BCUT2D eigenvalue weighted by atomic mass is 32.2. The smallest absolute Gasteiger partial charge is 0.240 e. The van der Waals surface area contributed by atoms with E-state index in [0.29, 0.717) is 12.1 Å².